The first-order chi connectivity index (χ1) is 16.2. The molecule has 13 heteroatoms. The minimum Gasteiger partial charge on any atom is -0.477 e. The first kappa shape index (κ1) is 23.3. The fraction of sp³-hybridized carbons (Fsp3) is 0.333. The maximum absolute atomic E-state index is 13.3. The number of nitrogens with one attached hydrogen (secondary N) is 1. The van der Waals surface area contributed by atoms with Crippen LogP contribution in [0.4, 0.5) is 0 Å². The number of benzene rings is 1. The zero-order chi connectivity index (χ0) is 24.6. The molecule has 3 heterocycles. The second-order valence-electron chi connectivity index (χ2n) is 7.64. The average molecular weight is 488 g/mol. The highest BCUT2D eigenvalue weighted by molar-refractivity contribution is 8.00. The molecule has 1 saturated heterocycles. The number of ether oxygens (including phenoxy) is 1. The third-order valence-electron chi connectivity index (χ3n) is 5.49. The van der Waals surface area contributed by atoms with Crippen LogP contribution in [0.2, 0.25) is 0 Å². The third kappa shape index (κ3) is 4.09. The summed E-state index contributed by atoms with van der Waals surface area (Å²) in [5, 5.41) is 15.4. The van der Waals surface area contributed by atoms with E-state index in [2.05, 4.69) is 15.0 Å². The van der Waals surface area contributed by atoms with Gasteiger partial charge in [-0.1, -0.05) is 35.5 Å². The van der Waals surface area contributed by atoms with Gasteiger partial charge >= 0.3 is 17.7 Å². The molecule has 2 aliphatic rings. The van der Waals surface area contributed by atoms with Crippen molar-refractivity contribution in [2.75, 3.05) is 12.4 Å². The number of hydrogen-bond acceptors (Lipinski definition) is 9. The van der Waals surface area contributed by atoms with Gasteiger partial charge in [-0.25, -0.2) is 9.59 Å². The van der Waals surface area contributed by atoms with Crippen LogP contribution in [0, 0.1) is 0 Å². The molecule has 0 spiro atoms. The van der Waals surface area contributed by atoms with E-state index in [1.54, 1.807) is 30.3 Å². The number of rotatable bonds is 7. The highest BCUT2D eigenvalue weighted by Gasteiger charge is 2.54. The van der Waals surface area contributed by atoms with E-state index in [-0.39, 0.29) is 23.9 Å². The quantitative estimate of drug-likeness (QED) is 0.395. The number of thioether (sulfide) groups is 1. The van der Waals surface area contributed by atoms with Gasteiger partial charge in [0.05, 0.1) is 0 Å². The standard InChI is InChI=1S/C21H20N4O8S/c1-10(26)32-8-12-9-34-19-14(18(28)25(19)15(12)20(29)30)22-17(27)13(11-6-4-3-5-7-11)16-23-33-21(31)24(16)2/h3-7,13-14,19H,8-9H2,1-2H3,(H,22,27)(H,29,30)/t13?,14-,19?/m0/s1. The molecule has 0 bridgehead atoms. The Morgan fingerprint density at radius 3 is 2.59 bits per heavy atom. The van der Waals surface area contributed by atoms with Crippen LogP contribution in [0.3, 0.4) is 0 Å². The first-order valence-electron chi connectivity index (χ1n) is 10.1. The molecule has 1 aromatic heterocycles. The molecule has 178 valence electrons. The highest BCUT2D eigenvalue weighted by atomic mass is 32.2. The Labute approximate surface area is 196 Å². The van der Waals surface area contributed by atoms with E-state index in [0.717, 1.165) is 9.47 Å². The molecule has 0 saturated carbocycles. The van der Waals surface area contributed by atoms with Crippen molar-refractivity contribution in [3.8, 4) is 0 Å². The van der Waals surface area contributed by atoms with Crippen LogP contribution < -0.4 is 11.1 Å². The van der Waals surface area contributed by atoms with Crippen LogP contribution in [0.25, 0.3) is 0 Å². The molecule has 2 N–H and O–H groups in total. The molecule has 2 aromatic rings. The molecule has 34 heavy (non-hydrogen) atoms. The summed E-state index contributed by atoms with van der Waals surface area (Å²) in [6.07, 6.45) is 0. The molecule has 2 amide bonds. The lowest BCUT2D eigenvalue weighted by Crippen LogP contribution is -2.71. The Bertz CT molecular complexity index is 1250. The van der Waals surface area contributed by atoms with Crippen molar-refractivity contribution in [1.82, 2.24) is 19.9 Å². The van der Waals surface area contributed by atoms with E-state index in [9.17, 15) is 29.1 Å². The normalized spacial score (nSPS) is 20.3. The Kier molecular flexibility index (Phi) is 6.28. The van der Waals surface area contributed by atoms with Gasteiger partial charge in [0.15, 0.2) is 5.82 Å². The molecular formula is C21H20N4O8S. The number of β-lactam (4-membered cyclic amide) rings is 1. The summed E-state index contributed by atoms with van der Waals surface area (Å²) in [4.78, 5) is 62.1. The molecule has 0 aliphatic carbocycles. The minimum atomic E-state index is -1.33. The fourth-order valence-corrected chi connectivity index (χ4v) is 5.16. The molecule has 12 nitrogen and oxygen atoms in total. The number of aromatic nitrogens is 2. The summed E-state index contributed by atoms with van der Waals surface area (Å²) in [7, 11) is 1.42. The Balaban J connectivity index is 1.58. The van der Waals surface area contributed by atoms with Crippen LogP contribution in [0.15, 0.2) is 50.9 Å². The van der Waals surface area contributed by atoms with Crippen molar-refractivity contribution in [3.63, 3.8) is 0 Å². The monoisotopic (exact) mass is 488 g/mol. The number of amides is 2. The Hall–Kier alpha value is -3.87. The summed E-state index contributed by atoms with van der Waals surface area (Å²) >= 11 is 1.25. The fourth-order valence-electron chi connectivity index (χ4n) is 3.83. The number of nitrogens with zero attached hydrogens (tertiary/aromatic N) is 3. The lowest BCUT2D eigenvalue weighted by Gasteiger charge is -2.49. The summed E-state index contributed by atoms with van der Waals surface area (Å²) in [5.41, 5.74) is 0.569. The van der Waals surface area contributed by atoms with E-state index >= 15 is 0 Å². The van der Waals surface area contributed by atoms with E-state index in [1.807, 2.05) is 0 Å². The van der Waals surface area contributed by atoms with Crippen molar-refractivity contribution >= 4 is 35.5 Å². The average Bonchev–Trinajstić information content (AvgIpc) is 3.14. The molecule has 1 fully saturated rings. The number of carbonyl (C=O) groups excluding carboxylic acids is 3. The number of esters is 1. The zero-order valence-electron chi connectivity index (χ0n) is 18.1. The van der Waals surface area contributed by atoms with Crippen LogP contribution in [0.1, 0.15) is 24.2 Å². The summed E-state index contributed by atoms with van der Waals surface area (Å²) in [6, 6.07) is 7.57. The van der Waals surface area contributed by atoms with Crippen molar-refractivity contribution in [3.05, 3.63) is 63.5 Å². The van der Waals surface area contributed by atoms with E-state index in [1.165, 1.54) is 25.7 Å². The predicted octanol–water partition coefficient (Wildman–Crippen LogP) is -0.193. The number of carboxylic acid groups (broad SMARTS) is 1. The maximum Gasteiger partial charge on any atom is 0.441 e. The van der Waals surface area contributed by atoms with Crippen molar-refractivity contribution < 1.29 is 33.5 Å². The summed E-state index contributed by atoms with van der Waals surface area (Å²) in [5.74, 6) is -4.62. The van der Waals surface area contributed by atoms with Gasteiger partial charge in [-0.05, 0) is 5.56 Å². The Morgan fingerprint density at radius 2 is 2.00 bits per heavy atom. The van der Waals surface area contributed by atoms with Crippen LogP contribution in [-0.4, -0.2) is 67.3 Å². The predicted molar refractivity (Wildman–Crippen MR) is 116 cm³/mol. The van der Waals surface area contributed by atoms with Gasteiger partial charge in [-0.3, -0.25) is 28.4 Å². The molecule has 0 radical (unpaired) electrons. The van der Waals surface area contributed by atoms with E-state index in [4.69, 9.17) is 4.74 Å². The van der Waals surface area contributed by atoms with Gasteiger partial charge in [0.1, 0.15) is 29.6 Å². The first-order valence-corrected chi connectivity index (χ1v) is 11.2. The SMILES string of the molecule is CC(=O)OCC1=C(C(=O)O)N2C(=O)[C@H](NC(=O)C(c3ccccc3)c3noc(=O)n3C)C2SC1. The number of hydrogen-bond donors (Lipinski definition) is 2. The number of aliphatic carboxylic acids is 1. The zero-order valence-corrected chi connectivity index (χ0v) is 18.9. The molecule has 2 unspecified atom stereocenters. The van der Waals surface area contributed by atoms with Gasteiger partial charge < -0.3 is 15.2 Å². The molecule has 4 rings (SSSR count). The van der Waals surface area contributed by atoms with Gasteiger partial charge in [0.2, 0.25) is 5.91 Å². The lowest BCUT2D eigenvalue weighted by atomic mass is 9.95. The van der Waals surface area contributed by atoms with Crippen LogP contribution >= 0.6 is 11.8 Å². The highest BCUT2D eigenvalue weighted by Crippen LogP contribution is 2.40. The van der Waals surface area contributed by atoms with Gasteiger partial charge in [0.25, 0.3) is 5.91 Å². The van der Waals surface area contributed by atoms with E-state index < -0.39 is 46.8 Å². The molecule has 2 aliphatic heterocycles. The minimum absolute atomic E-state index is 0.0587. The lowest BCUT2D eigenvalue weighted by molar-refractivity contribution is -0.151. The van der Waals surface area contributed by atoms with Crippen molar-refractivity contribution in [2.24, 2.45) is 7.05 Å². The number of carbonyl (C=O) groups is 4. The van der Waals surface area contributed by atoms with Crippen LogP contribution in [-0.2, 0) is 31.0 Å². The smallest absolute Gasteiger partial charge is 0.441 e. The topological polar surface area (TPSA) is 161 Å². The number of carboxylic acids is 1. The molecule has 1 aromatic carbocycles. The summed E-state index contributed by atoms with van der Waals surface area (Å²) < 4.78 is 10.7. The third-order valence-corrected chi connectivity index (χ3v) is 6.82. The Morgan fingerprint density at radius 1 is 1.29 bits per heavy atom. The van der Waals surface area contributed by atoms with Gasteiger partial charge in [0, 0.05) is 25.3 Å². The molecule has 3 atom stereocenters. The maximum atomic E-state index is 13.3. The summed E-state index contributed by atoms with van der Waals surface area (Å²) in [6.45, 7) is 0.960. The van der Waals surface area contributed by atoms with Crippen LogP contribution in [0.5, 0.6) is 0 Å². The second kappa shape index (κ2) is 9.17. The van der Waals surface area contributed by atoms with Gasteiger partial charge in [-0.2, -0.15) is 0 Å². The second-order valence-corrected chi connectivity index (χ2v) is 8.75. The van der Waals surface area contributed by atoms with E-state index in [0.29, 0.717) is 11.1 Å². The van der Waals surface area contributed by atoms with Gasteiger partial charge in [-0.15, -0.1) is 11.8 Å². The molecular weight excluding hydrogens is 468 g/mol. The van der Waals surface area contributed by atoms with Crippen molar-refractivity contribution in [2.45, 2.75) is 24.3 Å². The number of fused-ring (bicyclic) bond motifs is 1. The largest absolute Gasteiger partial charge is 0.477 e. The van der Waals surface area contributed by atoms with Crippen molar-refractivity contribution in [1.29, 1.82) is 0 Å².